The molecule has 1 saturated heterocycles. The van der Waals surface area contributed by atoms with E-state index in [0.29, 0.717) is 5.82 Å². The number of hydrogen-bond acceptors (Lipinski definition) is 7. The first-order valence-electron chi connectivity index (χ1n) is 11.7. The molecule has 2 aromatic carbocycles. The molecule has 6 rings (SSSR count). The van der Waals surface area contributed by atoms with Gasteiger partial charge in [-0.2, -0.15) is 5.10 Å². The van der Waals surface area contributed by atoms with Gasteiger partial charge in [-0.1, -0.05) is 18.2 Å². The lowest BCUT2D eigenvalue weighted by Gasteiger charge is -2.22. The molecule has 0 spiro atoms. The summed E-state index contributed by atoms with van der Waals surface area (Å²) < 4.78 is 21.3. The van der Waals surface area contributed by atoms with Crippen LogP contribution in [0, 0.1) is 5.82 Å². The van der Waals surface area contributed by atoms with E-state index in [1.165, 1.54) is 12.1 Å². The van der Waals surface area contributed by atoms with Crippen molar-refractivity contribution in [1.82, 2.24) is 29.7 Å². The molecule has 176 valence electrons. The molecule has 1 aliphatic heterocycles. The predicted molar refractivity (Wildman–Crippen MR) is 131 cm³/mol. The zero-order valence-corrected chi connectivity index (χ0v) is 19.2. The third-order valence-electron chi connectivity index (χ3n) is 6.35. The van der Waals surface area contributed by atoms with Crippen LogP contribution in [0.4, 0.5) is 10.2 Å². The van der Waals surface area contributed by atoms with Gasteiger partial charge < -0.3 is 10.1 Å². The van der Waals surface area contributed by atoms with Crippen LogP contribution in [0.1, 0.15) is 44.0 Å². The van der Waals surface area contributed by atoms with E-state index in [0.717, 1.165) is 64.8 Å². The minimum atomic E-state index is -0.260. The second kappa shape index (κ2) is 8.99. The van der Waals surface area contributed by atoms with Crippen molar-refractivity contribution in [2.24, 2.45) is 0 Å². The number of benzene rings is 2. The van der Waals surface area contributed by atoms with Crippen molar-refractivity contribution < 1.29 is 9.13 Å². The minimum Gasteiger partial charge on any atom is -0.362 e. The summed E-state index contributed by atoms with van der Waals surface area (Å²) >= 11 is 0. The fourth-order valence-corrected chi connectivity index (χ4v) is 4.53. The topological polar surface area (TPSA) is 90.6 Å². The van der Waals surface area contributed by atoms with Crippen LogP contribution in [-0.2, 0) is 4.74 Å². The van der Waals surface area contributed by atoms with Gasteiger partial charge in [0.25, 0.3) is 0 Å². The molecule has 35 heavy (non-hydrogen) atoms. The Balaban J connectivity index is 1.29. The number of nitrogens with one attached hydrogen (secondary N) is 1. The van der Waals surface area contributed by atoms with Crippen molar-refractivity contribution in [2.75, 3.05) is 11.9 Å². The molecule has 9 heteroatoms. The van der Waals surface area contributed by atoms with E-state index in [4.69, 9.17) is 9.72 Å². The molecule has 2 atom stereocenters. The van der Waals surface area contributed by atoms with Crippen molar-refractivity contribution in [2.45, 2.75) is 38.5 Å². The summed E-state index contributed by atoms with van der Waals surface area (Å²) in [5.74, 6) is 0.365. The number of halogens is 1. The van der Waals surface area contributed by atoms with E-state index in [1.54, 1.807) is 24.8 Å². The summed E-state index contributed by atoms with van der Waals surface area (Å²) in [4.78, 5) is 18.3. The van der Waals surface area contributed by atoms with Crippen molar-refractivity contribution in [1.29, 1.82) is 0 Å². The number of hydrogen-bond donors (Lipinski definition) is 1. The third kappa shape index (κ3) is 4.19. The van der Waals surface area contributed by atoms with Crippen LogP contribution < -0.4 is 5.32 Å². The lowest BCUT2D eigenvalue weighted by Crippen LogP contribution is -2.19. The van der Waals surface area contributed by atoms with Crippen LogP contribution >= 0.6 is 0 Å². The maximum atomic E-state index is 13.6. The Morgan fingerprint density at radius 1 is 1.06 bits per heavy atom. The second-order valence-electron chi connectivity index (χ2n) is 8.75. The predicted octanol–water partition coefficient (Wildman–Crippen LogP) is 5.45. The quantitative estimate of drug-likeness (QED) is 0.366. The molecule has 3 aromatic heterocycles. The summed E-state index contributed by atoms with van der Waals surface area (Å²) in [5.41, 5.74) is 4.82. The van der Waals surface area contributed by atoms with Gasteiger partial charge in [-0.3, -0.25) is 4.98 Å². The lowest BCUT2D eigenvalue weighted by atomic mass is 10.1. The summed E-state index contributed by atoms with van der Waals surface area (Å²) in [6.07, 6.45) is 8.09. The van der Waals surface area contributed by atoms with Gasteiger partial charge in [0.15, 0.2) is 11.9 Å². The first-order chi connectivity index (χ1) is 17.2. The maximum absolute atomic E-state index is 13.6. The second-order valence-corrected chi connectivity index (χ2v) is 8.75. The highest BCUT2D eigenvalue weighted by Gasteiger charge is 2.21. The van der Waals surface area contributed by atoms with Gasteiger partial charge in [0, 0.05) is 12.2 Å². The van der Waals surface area contributed by atoms with Gasteiger partial charge in [0.2, 0.25) is 0 Å². The number of nitrogens with zero attached hydrogens (tertiary/aromatic N) is 6. The Hall–Kier alpha value is -3.98. The first kappa shape index (κ1) is 21.5. The minimum absolute atomic E-state index is 0.0906. The Morgan fingerprint density at radius 2 is 2.00 bits per heavy atom. The van der Waals surface area contributed by atoms with E-state index in [2.05, 4.69) is 25.4 Å². The number of anilines is 1. The average molecular weight is 470 g/mol. The molecule has 1 unspecified atom stereocenters. The standard InChI is InChI=1S/C26H24FN7O/c1-16(17-5-4-6-19(27)11-17)32-23-14-28-22-12-18(8-9-21(22)33-23)25-20-13-31-34(26(20)30-15-29-25)24-7-2-3-10-35-24/h4-6,8-9,11-16,24H,2-3,7,10H2,1H3,(H,32,33)/t16-,24?/m1/s1. The number of fused-ring (bicyclic) bond motifs is 2. The summed E-state index contributed by atoms with van der Waals surface area (Å²) in [7, 11) is 0. The van der Waals surface area contributed by atoms with Crippen LogP contribution in [0.15, 0.2) is 61.2 Å². The monoisotopic (exact) mass is 469 g/mol. The Labute approximate surface area is 201 Å². The zero-order chi connectivity index (χ0) is 23.8. The zero-order valence-electron chi connectivity index (χ0n) is 19.2. The molecule has 0 bridgehead atoms. The highest BCUT2D eigenvalue weighted by atomic mass is 19.1. The van der Waals surface area contributed by atoms with Gasteiger partial charge in [0.1, 0.15) is 18.0 Å². The highest BCUT2D eigenvalue weighted by Crippen LogP contribution is 2.31. The number of ether oxygens (including phenoxy) is 1. The Morgan fingerprint density at radius 3 is 2.86 bits per heavy atom. The van der Waals surface area contributed by atoms with Crippen LogP contribution in [-0.4, -0.2) is 36.3 Å². The van der Waals surface area contributed by atoms with Crippen molar-refractivity contribution >= 4 is 27.9 Å². The van der Waals surface area contributed by atoms with E-state index in [1.807, 2.05) is 35.9 Å². The summed E-state index contributed by atoms with van der Waals surface area (Å²) in [5, 5.41) is 8.74. The summed E-state index contributed by atoms with van der Waals surface area (Å²) in [6.45, 7) is 2.70. The molecule has 1 N–H and O–H groups in total. The van der Waals surface area contributed by atoms with E-state index in [9.17, 15) is 4.39 Å². The van der Waals surface area contributed by atoms with E-state index >= 15 is 0 Å². The van der Waals surface area contributed by atoms with Gasteiger partial charge in [-0.05, 0) is 56.0 Å². The SMILES string of the molecule is C[C@@H](Nc1cnc2cc(-c3ncnc4c3cnn4C3CCCCO3)ccc2n1)c1cccc(F)c1. The molecule has 0 saturated carbocycles. The maximum Gasteiger partial charge on any atom is 0.164 e. The molecular weight excluding hydrogens is 445 g/mol. The lowest BCUT2D eigenvalue weighted by molar-refractivity contribution is -0.0370. The van der Waals surface area contributed by atoms with Crippen molar-refractivity contribution in [3.63, 3.8) is 0 Å². The molecule has 8 nitrogen and oxygen atoms in total. The fraction of sp³-hybridized carbons (Fsp3) is 0.269. The van der Waals surface area contributed by atoms with Gasteiger partial charge >= 0.3 is 0 Å². The largest absolute Gasteiger partial charge is 0.362 e. The van der Waals surface area contributed by atoms with Crippen molar-refractivity contribution in [3.05, 3.63) is 72.6 Å². The average Bonchev–Trinajstić information content (AvgIpc) is 3.33. The van der Waals surface area contributed by atoms with E-state index < -0.39 is 0 Å². The Bertz CT molecular complexity index is 1510. The number of rotatable bonds is 5. The molecule has 1 fully saturated rings. The molecule has 1 aliphatic rings. The van der Waals surface area contributed by atoms with E-state index in [-0.39, 0.29) is 18.1 Å². The first-order valence-corrected chi connectivity index (χ1v) is 11.7. The third-order valence-corrected chi connectivity index (χ3v) is 6.35. The molecule has 0 radical (unpaired) electrons. The highest BCUT2D eigenvalue weighted by molar-refractivity contribution is 5.92. The van der Waals surface area contributed by atoms with Crippen LogP contribution in [0.3, 0.4) is 0 Å². The molecular formula is C26H24FN7O. The smallest absolute Gasteiger partial charge is 0.164 e. The normalized spacial score (nSPS) is 17.0. The molecule has 5 aromatic rings. The fourth-order valence-electron chi connectivity index (χ4n) is 4.53. The molecule has 0 amide bonds. The van der Waals surface area contributed by atoms with Gasteiger partial charge in [-0.15, -0.1) is 0 Å². The molecule has 0 aliphatic carbocycles. The number of aromatic nitrogens is 6. The summed E-state index contributed by atoms with van der Waals surface area (Å²) in [6, 6.07) is 12.3. The van der Waals surface area contributed by atoms with Crippen LogP contribution in [0.5, 0.6) is 0 Å². The van der Waals surface area contributed by atoms with Crippen LogP contribution in [0.25, 0.3) is 33.3 Å². The van der Waals surface area contributed by atoms with Crippen molar-refractivity contribution in [3.8, 4) is 11.3 Å². The molecule has 4 heterocycles. The van der Waals surface area contributed by atoms with Gasteiger partial charge in [0.05, 0.1) is 40.5 Å². The Kier molecular flexibility index (Phi) is 5.54. The van der Waals surface area contributed by atoms with Gasteiger partial charge in [-0.25, -0.2) is 24.0 Å². The van der Waals surface area contributed by atoms with Crippen LogP contribution in [0.2, 0.25) is 0 Å².